The van der Waals surface area contributed by atoms with Gasteiger partial charge in [-0.2, -0.15) is 5.10 Å². The molecule has 0 saturated heterocycles. The van der Waals surface area contributed by atoms with Crippen molar-refractivity contribution in [3.05, 3.63) is 105 Å². The van der Waals surface area contributed by atoms with Gasteiger partial charge >= 0.3 is 0 Å². The minimum Gasteiger partial charge on any atom is -0.494 e. The highest BCUT2D eigenvalue weighted by atomic mass is 35.5. The van der Waals surface area contributed by atoms with Crippen LogP contribution in [0.2, 0.25) is 15.1 Å². The highest BCUT2D eigenvalue weighted by Crippen LogP contribution is 2.29. The number of amides is 1. The number of sulfonamides is 1. The van der Waals surface area contributed by atoms with E-state index >= 15 is 0 Å². The molecule has 0 bridgehead atoms. The van der Waals surface area contributed by atoms with Crippen LogP contribution in [0.15, 0.2) is 82.8 Å². The largest absolute Gasteiger partial charge is 0.494 e. The molecule has 3 aromatic carbocycles. The van der Waals surface area contributed by atoms with E-state index in [2.05, 4.69) is 10.5 Å². The van der Waals surface area contributed by atoms with Crippen molar-refractivity contribution in [2.45, 2.75) is 25.7 Å². The molecule has 4 aromatic rings. The molecular formula is C29H27Cl3N4O4S. The van der Waals surface area contributed by atoms with E-state index in [0.717, 1.165) is 26.9 Å². The van der Waals surface area contributed by atoms with Gasteiger partial charge in [0.1, 0.15) is 12.3 Å². The van der Waals surface area contributed by atoms with E-state index in [9.17, 15) is 13.2 Å². The number of anilines is 1. The molecule has 12 heteroatoms. The molecule has 1 heterocycles. The Labute approximate surface area is 254 Å². The Morgan fingerprint density at radius 3 is 2.29 bits per heavy atom. The Morgan fingerprint density at radius 2 is 1.63 bits per heavy atom. The van der Waals surface area contributed by atoms with Crippen LogP contribution in [0, 0.1) is 13.8 Å². The van der Waals surface area contributed by atoms with Gasteiger partial charge in [-0.1, -0.05) is 34.8 Å². The highest BCUT2D eigenvalue weighted by molar-refractivity contribution is 7.92. The number of aryl methyl sites for hydroxylation is 1. The molecule has 0 spiro atoms. The topological polar surface area (TPSA) is 93.0 Å². The lowest BCUT2D eigenvalue weighted by Crippen LogP contribution is -2.39. The number of hydrazone groups is 1. The summed E-state index contributed by atoms with van der Waals surface area (Å²) in [6.45, 7) is 5.59. The summed E-state index contributed by atoms with van der Waals surface area (Å²) in [5.74, 6) is -0.0647. The highest BCUT2D eigenvalue weighted by Gasteiger charge is 2.27. The van der Waals surface area contributed by atoms with Gasteiger partial charge in [0.25, 0.3) is 15.9 Å². The average molecular weight is 634 g/mol. The number of nitrogens with one attached hydrogen (secondary N) is 1. The zero-order chi connectivity index (χ0) is 29.7. The number of rotatable bonds is 10. The van der Waals surface area contributed by atoms with Crippen molar-refractivity contribution in [1.29, 1.82) is 0 Å². The molecule has 1 aromatic heterocycles. The summed E-state index contributed by atoms with van der Waals surface area (Å²) >= 11 is 18.5. The number of nitrogens with zero attached hydrogens (tertiary/aromatic N) is 3. The van der Waals surface area contributed by atoms with Gasteiger partial charge in [-0.25, -0.2) is 13.8 Å². The Balaban J connectivity index is 1.57. The third-order valence-corrected chi connectivity index (χ3v) is 8.73. The van der Waals surface area contributed by atoms with E-state index in [-0.39, 0.29) is 10.6 Å². The van der Waals surface area contributed by atoms with Crippen LogP contribution in [0.4, 0.5) is 5.69 Å². The van der Waals surface area contributed by atoms with E-state index < -0.39 is 22.5 Å². The summed E-state index contributed by atoms with van der Waals surface area (Å²) in [7, 11) is -4.12. The minimum atomic E-state index is -4.12. The zero-order valence-electron chi connectivity index (χ0n) is 22.4. The summed E-state index contributed by atoms with van der Waals surface area (Å²) < 4.78 is 35.5. The van der Waals surface area contributed by atoms with E-state index in [0.29, 0.717) is 27.4 Å². The molecule has 0 aliphatic heterocycles. The predicted molar refractivity (Wildman–Crippen MR) is 165 cm³/mol. The molecule has 1 amide bonds. The summed E-state index contributed by atoms with van der Waals surface area (Å²) in [6, 6.07) is 19.2. The van der Waals surface area contributed by atoms with Gasteiger partial charge in [-0.15, -0.1) is 0 Å². The third-order valence-electron chi connectivity index (χ3n) is 6.14. The van der Waals surface area contributed by atoms with Gasteiger partial charge in [-0.3, -0.25) is 9.10 Å². The molecule has 0 aliphatic carbocycles. The monoisotopic (exact) mass is 632 g/mol. The second kappa shape index (κ2) is 13.0. The molecule has 214 valence electrons. The summed E-state index contributed by atoms with van der Waals surface area (Å²) in [5, 5.41) is 5.55. The van der Waals surface area contributed by atoms with Crippen LogP contribution in [-0.4, -0.2) is 38.3 Å². The molecule has 41 heavy (non-hydrogen) atoms. The van der Waals surface area contributed by atoms with Crippen molar-refractivity contribution in [1.82, 2.24) is 9.99 Å². The summed E-state index contributed by atoms with van der Waals surface area (Å²) in [5.41, 5.74) is 5.88. The van der Waals surface area contributed by atoms with Gasteiger partial charge < -0.3 is 9.30 Å². The Kier molecular flexibility index (Phi) is 9.65. The molecule has 1 N–H and O–H groups in total. The lowest BCUT2D eigenvalue weighted by atomic mass is 10.2. The number of carbonyl (C=O) groups excluding carboxylic acids is 1. The first-order chi connectivity index (χ1) is 19.5. The van der Waals surface area contributed by atoms with Gasteiger partial charge in [0, 0.05) is 27.0 Å². The Hall–Kier alpha value is -3.50. The van der Waals surface area contributed by atoms with Crippen LogP contribution in [0.5, 0.6) is 5.75 Å². The molecule has 0 unspecified atom stereocenters. The number of hydrogen-bond acceptors (Lipinski definition) is 5. The van der Waals surface area contributed by atoms with Crippen LogP contribution >= 0.6 is 34.8 Å². The van der Waals surface area contributed by atoms with Crippen LogP contribution in [0.25, 0.3) is 5.69 Å². The van der Waals surface area contributed by atoms with E-state index in [1.165, 1.54) is 30.5 Å². The fourth-order valence-electron chi connectivity index (χ4n) is 4.21. The predicted octanol–water partition coefficient (Wildman–Crippen LogP) is 6.80. The second-order valence-electron chi connectivity index (χ2n) is 8.94. The van der Waals surface area contributed by atoms with Gasteiger partial charge in [0.05, 0.1) is 34.1 Å². The number of ether oxygens (including phenoxy) is 1. The molecule has 8 nitrogen and oxygen atoms in total. The summed E-state index contributed by atoms with van der Waals surface area (Å²) in [6.07, 6.45) is 1.49. The fourth-order valence-corrected chi connectivity index (χ4v) is 6.13. The normalized spacial score (nSPS) is 11.6. The van der Waals surface area contributed by atoms with Gasteiger partial charge in [-0.05, 0) is 93.6 Å². The van der Waals surface area contributed by atoms with Crippen LogP contribution < -0.4 is 14.5 Å². The van der Waals surface area contributed by atoms with Crippen molar-refractivity contribution in [3.63, 3.8) is 0 Å². The molecule has 0 radical (unpaired) electrons. The fraction of sp³-hybridized carbons (Fsp3) is 0.172. The molecule has 0 saturated carbocycles. The maximum atomic E-state index is 13.6. The van der Waals surface area contributed by atoms with E-state index in [1.807, 2.05) is 31.4 Å². The lowest BCUT2D eigenvalue weighted by molar-refractivity contribution is -0.119. The van der Waals surface area contributed by atoms with Crippen molar-refractivity contribution in [2.75, 3.05) is 17.5 Å². The molecule has 0 atom stereocenters. The number of aromatic nitrogens is 1. The Bertz CT molecular complexity index is 1690. The van der Waals surface area contributed by atoms with Crippen LogP contribution in [0.1, 0.15) is 23.9 Å². The molecule has 0 fully saturated rings. The molecular weight excluding hydrogens is 607 g/mol. The average Bonchev–Trinajstić information content (AvgIpc) is 3.22. The van der Waals surface area contributed by atoms with Crippen LogP contribution in [0.3, 0.4) is 0 Å². The van der Waals surface area contributed by atoms with Gasteiger partial charge in [0.15, 0.2) is 0 Å². The first-order valence-corrected chi connectivity index (χ1v) is 15.1. The number of carbonyl (C=O) groups is 1. The van der Waals surface area contributed by atoms with Gasteiger partial charge in [0.2, 0.25) is 0 Å². The first-order valence-electron chi connectivity index (χ1n) is 12.5. The molecule has 0 aliphatic rings. The second-order valence-corrected chi connectivity index (χ2v) is 12.1. The Morgan fingerprint density at radius 1 is 0.976 bits per heavy atom. The molecule has 4 rings (SSSR count). The lowest BCUT2D eigenvalue weighted by Gasteiger charge is -2.24. The maximum Gasteiger partial charge on any atom is 0.264 e. The zero-order valence-corrected chi connectivity index (χ0v) is 25.5. The SMILES string of the molecule is CCOc1ccc(N(CC(=O)N/N=C/c2cc(C)n(-c3cc(Cl)ccc3Cl)c2C)S(=O)(=O)c2ccc(Cl)cc2)cc1. The van der Waals surface area contributed by atoms with E-state index in [4.69, 9.17) is 39.5 Å². The standard InChI is InChI=1S/C29H27Cl3N4O4S/c1-4-40-25-10-8-24(9-11-25)35(41(38,39)26-12-5-22(30)6-13-26)18-29(37)34-33-17-21-15-19(2)36(20(21)3)28-16-23(31)7-14-27(28)32/h5-17H,4,18H2,1-3H3,(H,34,37)/b33-17+. The smallest absolute Gasteiger partial charge is 0.264 e. The summed E-state index contributed by atoms with van der Waals surface area (Å²) in [4.78, 5) is 13.0. The van der Waals surface area contributed by atoms with Crippen molar-refractivity contribution in [2.24, 2.45) is 5.10 Å². The van der Waals surface area contributed by atoms with Crippen molar-refractivity contribution >= 4 is 62.6 Å². The van der Waals surface area contributed by atoms with Crippen molar-refractivity contribution in [3.8, 4) is 11.4 Å². The third kappa shape index (κ3) is 7.05. The number of halogens is 3. The number of benzene rings is 3. The first kappa shape index (κ1) is 30.5. The van der Waals surface area contributed by atoms with Crippen LogP contribution in [-0.2, 0) is 14.8 Å². The quantitative estimate of drug-likeness (QED) is 0.154. The maximum absolute atomic E-state index is 13.6. The van der Waals surface area contributed by atoms with E-state index in [1.54, 1.807) is 42.5 Å². The van der Waals surface area contributed by atoms with Crippen molar-refractivity contribution < 1.29 is 17.9 Å². The minimum absolute atomic E-state index is 0.0146. The number of hydrogen-bond donors (Lipinski definition) is 1.